The van der Waals surface area contributed by atoms with E-state index in [2.05, 4.69) is 56.0 Å². The molecule has 1 N–H and O–H groups in total. The Kier molecular flexibility index (Phi) is 4.32. The molecule has 1 saturated carbocycles. The van der Waals surface area contributed by atoms with Gasteiger partial charge in [-0.15, -0.1) is 34.0 Å². The van der Waals surface area contributed by atoms with Gasteiger partial charge < -0.3 is 10.2 Å². The van der Waals surface area contributed by atoms with Crippen LogP contribution in [-0.4, -0.2) is 6.04 Å². The molecule has 1 aliphatic carbocycles. The molecule has 130 valence electrons. The first-order valence-electron chi connectivity index (χ1n) is 9.09. The monoisotopic (exact) mass is 386 g/mol. The van der Waals surface area contributed by atoms with E-state index >= 15 is 0 Å². The van der Waals surface area contributed by atoms with Crippen LogP contribution in [0.5, 0.6) is 0 Å². The molecule has 25 heavy (non-hydrogen) atoms. The first kappa shape index (κ1) is 15.9. The van der Waals surface area contributed by atoms with Crippen molar-refractivity contribution in [1.82, 2.24) is 0 Å². The van der Waals surface area contributed by atoms with Crippen molar-refractivity contribution < 1.29 is 0 Å². The highest BCUT2D eigenvalue weighted by Gasteiger charge is 2.41. The van der Waals surface area contributed by atoms with Crippen molar-refractivity contribution in [2.75, 3.05) is 10.2 Å². The molecule has 0 radical (unpaired) electrons. The van der Waals surface area contributed by atoms with Gasteiger partial charge >= 0.3 is 0 Å². The molecule has 3 aromatic heterocycles. The van der Waals surface area contributed by atoms with E-state index in [0.29, 0.717) is 18.1 Å². The summed E-state index contributed by atoms with van der Waals surface area (Å²) in [5.74, 6) is 0. The van der Waals surface area contributed by atoms with Crippen molar-refractivity contribution in [1.29, 1.82) is 0 Å². The highest BCUT2D eigenvalue weighted by molar-refractivity contribution is 7.10. The number of nitrogens with one attached hydrogen (secondary N) is 1. The van der Waals surface area contributed by atoms with Gasteiger partial charge in [0.25, 0.3) is 0 Å². The van der Waals surface area contributed by atoms with Gasteiger partial charge in [-0.25, -0.2) is 0 Å². The Hall–Kier alpha value is -1.30. The standard InChI is InChI=1S/C20H22N2S3/c1-2-6-14(7-3-1)22-16-13-23-12-15(16)21-19(17-8-4-10-24-17)20(22)18-9-5-11-25-18/h4-5,8-14,19-21H,1-3,6-7H2. The van der Waals surface area contributed by atoms with Gasteiger partial charge in [0.15, 0.2) is 0 Å². The van der Waals surface area contributed by atoms with Crippen molar-refractivity contribution in [2.24, 2.45) is 0 Å². The molecule has 2 unspecified atom stereocenters. The van der Waals surface area contributed by atoms with E-state index in [4.69, 9.17) is 0 Å². The summed E-state index contributed by atoms with van der Waals surface area (Å²) in [5, 5.41) is 12.9. The highest BCUT2D eigenvalue weighted by atomic mass is 32.1. The molecule has 5 rings (SSSR count). The van der Waals surface area contributed by atoms with Crippen molar-refractivity contribution in [2.45, 2.75) is 50.2 Å². The smallest absolute Gasteiger partial charge is 0.0889 e. The third kappa shape index (κ3) is 2.82. The summed E-state index contributed by atoms with van der Waals surface area (Å²) in [5.41, 5.74) is 2.74. The van der Waals surface area contributed by atoms with E-state index in [1.165, 1.54) is 53.2 Å². The van der Waals surface area contributed by atoms with Gasteiger partial charge in [0.1, 0.15) is 0 Å². The topological polar surface area (TPSA) is 15.3 Å². The molecule has 5 heteroatoms. The fraction of sp³-hybridized carbons (Fsp3) is 0.400. The number of hydrogen-bond donors (Lipinski definition) is 1. The first-order valence-corrected chi connectivity index (χ1v) is 11.8. The van der Waals surface area contributed by atoms with Crippen LogP contribution in [0.2, 0.25) is 0 Å². The van der Waals surface area contributed by atoms with Crippen LogP contribution in [0.15, 0.2) is 45.8 Å². The number of fused-ring (bicyclic) bond motifs is 1. The Labute approximate surface area is 161 Å². The van der Waals surface area contributed by atoms with Gasteiger partial charge in [-0.1, -0.05) is 31.4 Å². The molecule has 0 aromatic carbocycles. The van der Waals surface area contributed by atoms with Crippen LogP contribution in [0.3, 0.4) is 0 Å². The largest absolute Gasteiger partial charge is 0.373 e. The fourth-order valence-corrected chi connectivity index (χ4v) is 6.83. The van der Waals surface area contributed by atoms with Crippen molar-refractivity contribution in [3.05, 3.63) is 55.5 Å². The molecule has 0 bridgehead atoms. The maximum atomic E-state index is 3.87. The van der Waals surface area contributed by atoms with Gasteiger partial charge in [-0.05, 0) is 35.7 Å². The Morgan fingerprint density at radius 1 is 0.920 bits per heavy atom. The fourth-order valence-electron chi connectivity index (χ4n) is 4.39. The summed E-state index contributed by atoms with van der Waals surface area (Å²) in [6.07, 6.45) is 6.80. The maximum absolute atomic E-state index is 3.87. The van der Waals surface area contributed by atoms with Crippen molar-refractivity contribution >= 4 is 45.4 Å². The lowest BCUT2D eigenvalue weighted by Crippen LogP contribution is -2.46. The molecule has 3 aromatic rings. The van der Waals surface area contributed by atoms with E-state index in [9.17, 15) is 0 Å². The van der Waals surface area contributed by atoms with Crippen molar-refractivity contribution in [3.8, 4) is 0 Å². The molecule has 1 aliphatic heterocycles. The van der Waals surface area contributed by atoms with E-state index in [-0.39, 0.29) is 0 Å². The molecule has 4 heterocycles. The number of rotatable bonds is 3. The van der Waals surface area contributed by atoms with Crippen LogP contribution < -0.4 is 10.2 Å². The quantitative estimate of drug-likeness (QED) is 0.525. The first-order chi connectivity index (χ1) is 12.4. The molecule has 1 fully saturated rings. The molecule has 0 amide bonds. The lowest BCUT2D eigenvalue weighted by Gasteiger charge is -2.48. The second kappa shape index (κ2) is 6.78. The average molecular weight is 387 g/mol. The van der Waals surface area contributed by atoms with Gasteiger partial charge in [-0.2, -0.15) is 0 Å². The van der Waals surface area contributed by atoms with Crippen LogP contribution in [0.25, 0.3) is 0 Å². The lowest BCUT2D eigenvalue weighted by atomic mass is 9.89. The van der Waals surface area contributed by atoms with Gasteiger partial charge in [0.2, 0.25) is 0 Å². The third-order valence-corrected chi connectivity index (χ3v) is 8.13. The second-order valence-corrected chi connectivity index (χ2v) is 9.67. The van der Waals surface area contributed by atoms with E-state index in [1.54, 1.807) is 0 Å². The predicted molar refractivity (Wildman–Crippen MR) is 111 cm³/mol. The normalized spacial score (nSPS) is 24.1. The minimum atomic E-state index is 0.336. The van der Waals surface area contributed by atoms with Crippen LogP contribution in [0.4, 0.5) is 11.4 Å². The Bertz CT molecular complexity index is 800. The average Bonchev–Trinajstić information content (AvgIpc) is 3.42. The predicted octanol–water partition coefficient (Wildman–Crippen LogP) is 6.92. The zero-order chi connectivity index (χ0) is 16.6. The summed E-state index contributed by atoms with van der Waals surface area (Å²) in [7, 11) is 0. The number of anilines is 2. The van der Waals surface area contributed by atoms with E-state index in [0.717, 1.165) is 0 Å². The zero-order valence-corrected chi connectivity index (χ0v) is 16.5. The molecule has 2 atom stereocenters. The van der Waals surface area contributed by atoms with Crippen LogP contribution >= 0.6 is 34.0 Å². The number of nitrogens with zero attached hydrogens (tertiary/aromatic N) is 1. The second-order valence-electron chi connectivity index (χ2n) is 6.97. The minimum Gasteiger partial charge on any atom is -0.373 e. The summed E-state index contributed by atoms with van der Waals surface area (Å²) < 4.78 is 0. The summed E-state index contributed by atoms with van der Waals surface area (Å²) in [6.45, 7) is 0. The van der Waals surface area contributed by atoms with Crippen LogP contribution in [0, 0.1) is 0 Å². The third-order valence-electron chi connectivity index (χ3n) is 5.50. The maximum Gasteiger partial charge on any atom is 0.0889 e. The van der Waals surface area contributed by atoms with Gasteiger partial charge in [0.05, 0.1) is 23.5 Å². The van der Waals surface area contributed by atoms with Crippen molar-refractivity contribution in [3.63, 3.8) is 0 Å². The Morgan fingerprint density at radius 3 is 2.40 bits per heavy atom. The molecular weight excluding hydrogens is 364 g/mol. The van der Waals surface area contributed by atoms with E-state index < -0.39 is 0 Å². The molecule has 2 aliphatic rings. The molecular formula is C20H22N2S3. The molecule has 0 saturated heterocycles. The summed E-state index contributed by atoms with van der Waals surface area (Å²) >= 11 is 5.60. The lowest BCUT2D eigenvalue weighted by molar-refractivity contribution is 0.373. The summed E-state index contributed by atoms with van der Waals surface area (Å²) in [4.78, 5) is 5.70. The van der Waals surface area contributed by atoms with Gasteiger partial charge in [0, 0.05) is 26.6 Å². The SMILES string of the molecule is c1csc(C2Nc3cscc3N(C3CCCCC3)C2c2cccs2)c1. The van der Waals surface area contributed by atoms with E-state index in [1.807, 2.05) is 34.0 Å². The number of thiophene rings is 3. The zero-order valence-electron chi connectivity index (χ0n) is 14.1. The highest BCUT2D eigenvalue weighted by Crippen LogP contribution is 2.52. The molecule has 0 spiro atoms. The minimum absolute atomic E-state index is 0.336. The summed E-state index contributed by atoms with van der Waals surface area (Å²) in [6, 6.07) is 10.4. The van der Waals surface area contributed by atoms with Gasteiger partial charge in [-0.3, -0.25) is 0 Å². The van der Waals surface area contributed by atoms with Crippen LogP contribution in [-0.2, 0) is 0 Å². The Morgan fingerprint density at radius 2 is 1.68 bits per heavy atom. The number of hydrogen-bond acceptors (Lipinski definition) is 5. The molecule has 2 nitrogen and oxygen atoms in total. The van der Waals surface area contributed by atoms with Crippen LogP contribution in [0.1, 0.15) is 53.9 Å². The Balaban J connectivity index is 1.64.